The minimum absolute atomic E-state index is 0.264. The van der Waals surface area contributed by atoms with E-state index >= 15 is 0 Å². The Balaban J connectivity index is 2.44. The summed E-state index contributed by atoms with van der Waals surface area (Å²) in [5.41, 5.74) is 1.29. The zero-order valence-electron chi connectivity index (χ0n) is 10.1. The molecule has 0 fully saturated rings. The number of ether oxygens (including phenoxy) is 2. The molecule has 94 valence electrons. The molecule has 1 unspecified atom stereocenters. The highest BCUT2D eigenvalue weighted by Gasteiger charge is 2.15. The van der Waals surface area contributed by atoms with Gasteiger partial charge in [0.25, 0.3) is 0 Å². The highest BCUT2D eigenvalue weighted by Crippen LogP contribution is 2.14. The first-order chi connectivity index (χ1) is 8.17. The van der Waals surface area contributed by atoms with Gasteiger partial charge in [0.15, 0.2) is 0 Å². The first kappa shape index (κ1) is 14.0. The minimum atomic E-state index is -0.428. The van der Waals surface area contributed by atoms with Crippen LogP contribution >= 0.6 is 15.9 Å². The summed E-state index contributed by atoms with van der Waals surface area (Å²) in [6, 6.07) is 7.92. The molecule has 3 nitrogen and oxygen atoms in total. The number of hydrogen-bond donors (Lipinski definition) is 0. The van der Waals surface area contributed by atoms with Crippen LogP contribution in [-0.4, -0.2) is 24.5 Å². The molecule has 4 heteroatoms. The predicted molar refractivity (Wildman–Crippen MR) is 70.7 cm³/mol. The first-order valence-corrected chi connectivity index (χ1v) is 6.52. The summed E-state index contributed by atoms with van der Waals surface area (Å²) in [6.45, 7) is 2.41. The number of aryl methyl sites for hydroxylation is 1. The van der Waals surface area contributed by atoms with Crippen molar-refractivity contribution >= 4 is 21.9 Å². The van der Waals surface area contributed by atoms with Gasteiger partial charge in [0.1, 0.15) is 17.2 Å². The second-order valence-electron chi connectivity index (χ2n) is 3.70. The summed E-state index contributed by atoms with van der Waals surface area (Å²) < 4.78 is 10.1. The van der Waals surface area contributed by atoms with Gasteiger partial charge in [0.2, 0.25) is 0 Å². The van der Waals surface area contributed by atoms with Gasteiger partial charge in [-0.15, -0.1) is 0 Å². The molecule has 0 aromatic heterocycles. The molecule has 0 aliphatic carbocycles. The van der Waals surface area contributed by atoms with Crippen molar-refractivity contribution in [2.24, 2.45) is 0 Å². The monoisotopic (exact) mass is 300 g/mol. The van der Waals surface area contributed by atoms with E-state index in [1.165, 1.54) is 12.7 Å². The Labute approximate surface area is 110 Å². The Kier molecular flexibility index (Phi) is 6.05. The van der Waals surface area contributed by atoms with Gasteiger partial charge in [-0.25, -0.2) is 0 Å². The molecule has 0 bridgehead atoms. The van der Waals surface area contributed by atoms with Gasteiger partial charge in [-0.1, -0.05) is 41.4 Å². The SMILES string of the molecule is CCCc1ccc(OCC(Br)C(=O)OC)cc1. The number of rotatable bonds is 6. The standard InChI is InChI=1S/C13H17BrO3/c1-3-4-10-5-7-11(8-6-10)17-9-12(14)13(15)16-2/h5-8,12H,3-4,9H2,1-2H3. The summed E-state index contributed by atoms with van der Waals surface area (Å²) in [5, 5.41) is 0. The Bertz CT molecular complexity index is 348. The van der Waals surface area contributed by atoms with E-state index in [4.69, 9.17) is 4.74 Å². The average Bonchev–Trinajstić information content (AvgIpc) is 2.37. The lowest BCUT2D eigenvalue weighted by atomic mass is 10.1. The van der Waals surface area contributed by atoms with Crippen LogP contribution in [0.2, 0.25) is 0 Å². The first-order valence-electron chi connectivity index (χ1n) is 5.61. The molecule has 1 aromatic rings. The number of halogens is 1. The summed E-state index contributed by atoms with van der Waals surface area (Å²) >= 11 is 3.20. The number of carbonyl (C=O) groups excluding carboxylic acids is 1. The van der Waals surface area contributed by atoms with Gasteiger partial charge in [0.05, 0.1) is 7.11 Å². The van der Waals surface area contributed by atoms with E-state index in [-0.39, 0.29) is 12.6 Å². The Morgan fingerprint density at radius 1 is 1.35 bits per heavy atom. The smallest absolute Gasteiger partial charge is 0.322 e. The second-order valence-corrected chi connectivity index (χ2v) is 4.80. The van der Waals surface area contributed by atoms with Gasteiger partial charge < -0.3 is 9.47 Å². The third-order valence-electron chi connectivity index (χ3n) is 2.32. The average molecular weight is 301 g/mol. The van der Waals surface area contributed by atoms with E-state index in [0.29, 0.717) is 0 Å². The maximum Gasteiger partial charge on any atom is 0.322 e. The lowest BCUT2D eigenvalue weighted by Crippen LogP contribution is -2.22. The molecule has 17 heavy (non-hydrogen) atoms. The molecule has 0 saturated heterocycles. The number of hydrogen-bond acceptors (Lipinski definition) is 3. The van der Waals surface area contributed by atoms with Gasteiger partial charge in [-0.05, 0) is 24.1 Å². The van der Waals surface area contributed by atoms with E-state index in [1.54, 1.807) is 0 Å². The van der Waals surface area contributed by atoms with Crippen LogP contribution in [-0.2, 0) is 16.0 Å². The normalized spacial score (nSPS) is 11.9. The molecular weight excluding hydrogens is 284 g/mol. The van der Waals surface area contributed by atoms with E-state index in [0.717, 1.165) is 18.6 Å². The molecule has 0 saturated carbocycles. The van der Waals surface area contributed by atoms with E-state index < -0.39 is 4.83 Å². The van der Waals surface area contributed by atoms with Crippen molar-refractivity contribution < 1.29 is 14.3 Å². The molecule has 0 aliphatic rings. The molecular formula is C13H17BrO3. The number of alkyl halides is 1. The van der Waals surface area contributed by atoms with Gasteiger partial charge in [-0.2, -0.15) is 0 Å². The Morgan fingerprint density at radius 3 is 2.53 bits per heavy atom. The van der Waals surface area contributed by atoms with Crippen LogP contribution < -0.4 is 4.74 Å². The highest BCUT2D eigenvalue weighted by atomic mass is 79.9. The molecule has 0 heterocycles. The van der Waals surface area contributed by atoms with Crippen molar-refractivity contribution in [3.8, 4) is 5.75 Å². The zero-order chi connectivity index (χ0) is 12.7. The van der Waals surface area contributed by atoms with Crippen LogP contribution in [0.3, 0.4) is 0 Å². The summed E-state index contributed by atoms with van der Waals surface area (Å²) in [6.07, 6.45) is 2.20. The summed E-state index contributed by atoms with van der Waals surface area (Å²) in [4.78, 5) is 10.7. The number of methoxy groups -OCH3 is 1. The molecule has 0 amide bonds. The number of carbonyl (C=O) groups is 1. The summed E-state index contributed by atoms with van der Waals surface area (Å²) in [7, 11) is 1.36. The maximum atomic E-state index is 11.1. The fourth-order valence-electron chi connectivity index (χ4n) is 1.41. The third kappa shape index (κ3) is 4.77. The van der Waals surface area contributed by atoms with Crippen molar-refractivity contribution in [1.29, 1.82) is 0 Å². The molecule has 1 atom stereocenters. The molecule has 0 spiro atoms. The van der Waals surface area contributed by atoms with Crippen molar-refractivity contribution in [1.82, 2.24) is 0 Å². The third-order valence-corrected chi connectivity index (χ3v) is 2.95. The van der Waals surface area contributed by atoms with Crippen molar-refractivity contribution in [2.75, 3.05) is 13.7 Å². The van der Waals surface area contributed by atoms with Crippen LogP contribution in [0.15, 0.2) is 24.3 Å². The lowest BCUT2D eigenvalue weighted by molar-refractivity contribution is -0.140. The van der Waals surface area contributed by atoms with Crippen LogP contribution in [0.1, 0.15) is 18.9 Å². The van der Waals surface area contributed by atoms with E-state index in [1.807, 2.05) is 24.3 Å². The van der Waals surface area contributed by atoms with E-state index in [2.05, 4.69) is 27.6 Å². The summed E-state index contributed by atoms with van der Waals surface area (Å²) in [5.74, 6) is 0.436. The second kappa shape index (κ2) is 7.33. The van der Waals surface area contributed by atoms with Crippen molar-refractivity contribution in [3.05, 3.63) is 29.8 Å². The van der Waals surface area contributed by atoms with Gasteiger partial charge in [-0.3, -0.25) is 4.79 Å². The topological polar surface area (TPSA) is 35.5 Å². The number of benzene rings is 1. The van der Waals surface area contributed by atoms with Crippen molar-refractivity contribution in [2.45, 2.75) is 24.6 Å². The molecule has 0 aliphatic heterocycles. The van der Waals surface area contributed by atoms with Crippen LogP contribution in [0.4, 0.5) is 0 Å². The highest BCUT2D eigenvalue weighted by molar-refractivity contribution is 9.10. The molecule has 1 aromatic carbocycles. The fourth-order valence-corrected chi connectivity index (χ4v) is 1.73. The maximum absolute atomic E-state index is 11.1. The van der Waals surface area contributed by atoms with Crippen LogP contribution in [0.25, 0.3) is 0 Å². The fraction of sp³-hybridized carbons (Fsp3) is 0.462. The minimum Gasteiger partial charge on any atom is -0.492 e. The van der Waals surface area contributed by atoms with Crippen molar-refractivity contribution in [3.63, 3.8) is 0 Å². The largest absolute Gasteiger partial charge is 0.492 e. The zero-order valence-corrected chi connectivity index (χ0v) is 11.7. The predicted octanol–water partition coefficient (Wildman–Crippen LogP) is 2.95. The van der Waals surface area contributed by atoms with Gasteiger partial charge in [0, 0.05) is 0 Å². The Morgan fingerprint density at radius 2 is 2.00 bits per heavy atom. The molecule has 0 radical (unpaired) electrons. The Hall–Kier alpha value is -1.03. The number of esters is 1. The lowest BCUT2D eigenvalue weighted by Gasteiger charge is -2.10. The van der Waals surface area contributed by atoms with Gasteiger partial charge >= 0.3 is 5.97 Å². The van der Waals surface area contributed by atoms with E-state index in [9.17, 15) is 4.79 Å². The molecule has 1 rings (SSSR count). The molecule has 0 N–H and O–H groups in total. The quantitative estimate of drug-likeness (QED) is 0.598. The van der Waals surface area contributed by atoms with Crippen LogP contribution in [0, 0.1) is 0 Å². The van der Waals surface area contributed by atoms with Crippen LogP contribution in [0.5, 0.6) is 5.75 Å².